The molecule has 25 heavy (non-hydrogen) atoms. The lowest BCUT2D eigenvalue weighted by atomic mass is 9.97. The maximum Gasteiger partial charge on any atom is 0.241 e. The van der Waals surface area contributed by atoms with E-state index in [0.717, 1.165) is 24.8 Å². The lowest BCUT2D eigenvalue weighted by Crippen LogP contribution is -2.46. The van der Waals surface area contributed by atoms with Crippen molar-refractivity contribution in [2.45, 2.75) is 63.3 Å². The van der Waals surface area contributed by atoms with Crippen molar-refractivity contribution >= 4 is 15.9 Å². The number of sulfonamides is 1. The van der Waals surface area contributed by atoms with Gasteiger partial charge in [-0.25, -0.2) is 8.42 Å². The highest BCUT2D eigenvalue weighted by molar-refractivity contribution is 7.89. The predicted octanol–water partition coefficient (Wildman–Crippen LogP) is 3.06. The number of allylic oxidation sites excluding steroid dienone is 1. The third-order valence-corrected chi connectivity index (χ3v) is 5.97. The molecule has 0 saturated carbocycles. The van der Waals surface area contributed by atoms with Gasteiger partial charge in [-0.1, -0.05) is 36.3 Å². The van der Waals surface area contributed by atoms with Crippen molar-refractivity contribution in [3.63, 3.8) is 0 Å². The van der Waals surface area contributed by atoms with Crippen molar-refractivity contribution in [2.24, 2.45) is 0 Å². The minimum atomic E-state index is -3.70. The summed E-state index contributed by atoms with van der Waals surface area (Å²) in [5, 5.41) is 2.86. The summed E-state index contributed by atoms with van der Waals surface area (Å²) in [4.78, 5) is 12.5. The summed E-state index contributed by atoms with van der Waals surface area (Å²) in [5.74, 6) is -0.269. The van der Waals surface area contributed by atoms with Gasteiger partial charge in [0.25, 0.3) is 0 Å². The predicted molar refractivity (Wildman–Crippen MR) is 99.8 cm³/mol. The molecular weight excluding hydrogens is 336 g/mol. The molecule has 0 aliphatic heterocycles. The third kappa shape index (κ3) is 5.97. The van der Waals surface area contributed by atoms with Crippen LogP contribution in [0.3, 0.4) is 0 Å². The molecule has 1 aromatic carbocycles. The van der Waals surface area contributed by atoms with Crippen molar-refractivity contribution in [2.75, 3.05) is 6.54 Å². The van der Waals surface area contributed by atoms with Gasteiger partial charge in [-0.2, -0.15) is 4.72 Å². The van der Waals surface area contributed by atoms with E-state index < -0.39 is 16.1 Å². The minimum Gasteiger partial charge on any atom is -0.354 e. The van der Waals surface area contributed by atoms with Crippen molar-refractivity contribution in [3.8, 4) is 0 Å². The van der Waals surface area contributed by atoms with Gasteiger partial charge in [0.1, 0.15) is 6.04 Å². The molecule has 1 amide bonds. The summed E-state index contributed by atoms with van der Waals surface area (Å²) < 4.78 is 27.4. The molecule has 6 heteroatoms. The zero-order valence-electron chi connectivity index (χ0n) is 15.0. The molecule has 2 N–H and O–H groups in total. The summed E-state index contributed by atoms with van der Waals surface area (Å²) >= 11 is 0. The van der Waals surface area contributed by atoms with Gasteiger partial charge in [0.15, 0.2) is 0 Å². The van der Waals surface area contributed by atoms with Crippen molar-refractivity contribution in [1.82, 2.24) is 10.0 Å². The molecule has 0 aromatic heterocycles. The van der Waals surface area contributed by atoms with Crippen LogP contribution < -0.4 is 10.0 Å². The van der Waals surface area contributed by atoms with Crippen LogP contribution in [0.2, 0.25) is 0 Å². The topological polar surface area (TPSA) is 75.3 Å². The molecule has 1 aliphatic carbocycles. The lowest BCUT2D eigenvalue weighted by molar-refractivity contribution is -0.122. The van der Waals surface area contributed by atoms with Crippen LogP contribution in [0.1, 0.15) is 51.0 Å². The molecule has 0 fully saturated rings. The normalized spacial score (nSPS) is 16.2. The summed E-state index contributed by atoms with van der Waals surface area (Å²) in [7, 11) is -3.70. The van der Waals surface area contributed by atoms with Crippen LogP contribution >= 0.6 is 0 Å². The van der Waals surface area contributed by atoms with E-state index in [2.05, 4.69) is 16.1 Å². The van der Waals surface area contributed by atoms with Crippen molar-refractivity contribution in [1.29, 1.82) is 0 Å². The van der Waals surface area contributed by atoms with Crippen LogP contribution in [-0.4, -0.2) is 26.9 Å². The van der Waals surface area contributed by atoms with E-state index >= 15 is 0 Å². The molecule has 138 valence electrons. The first-order chi connectivity index (χ1) is 11.9. The average Bonchev–Trinajstić information content (AvgIpc) is 2.61. The zero-order chi connectivity index (χ0) is 18.3. The largest absolute Gasteiger partial charge is 0.354 e. The Morgan fingerprint density at radius 2 is 1.92 bits per heavy atom. The van der Waals surface area contributed by atoms with E-state index in [1.807, 2.05) is 6.92 Å². The number of carbonyl (C=O) groups is 1. The molecule has 1 aromatic rings. The van der Waals surface area contributed by atoms with Crippen LogP contribution in [0.4, 0.5) is 0 Å². The number of aryl methyl sites for hydroxylation is 1. The van der Waals surface area contributed by atoms with Gasteiger partial charge in [0.05, 0.1) is 4.90 Å². The second kappa shape index (κ2) is 9.15. The first-order valence-corrected chi connectivity index (χ1v) is 10.5. The van der Waals surface area contributed by atoms with E-state index in [4.69, 9.17) is 0 Å². The fraction of sp³-hybridized carbons (Fsp3) is 0.526. The highest BCUT2D eigenvalue weighted by Gasteiger charge is 2.24. The Kier molecular flexibility index (Phi) is 7.20. The number of nitrogens with one attached hydrogen (secondary N) is 2. The van der Waals surface area contributed by atoms with E-state index in [1.165, 1.54) is 18.4 Å². The van der Waals surface area contributed by atoms with Crippen LogP contribution in [0.5, 0.6) is 0 Å². The van der Waals surface area contributed by atoms with Gasteiger partial charge in [-0.3, -0.25) is 4.79 Å². The second-order valence-electron chi connectivity index (χ2n) is 6.54. The summed E-state index contributed by atoms with van der Waals surface area (Å²) in [6, 6.07) is 5.84. The fourth-order valence-electron chi connectivity index (χ4n) is 2.90. The van der Waals surface area contributed by atoms with Crippen LogP contribution in [0.25, 0.3) is 0 Å². The van der Waals surface area contributed by atoms with Gasteiger partial charge in [-0.15, -0.1) is 0 Å². The number of hydrogen-bond acceptors (Lipinski definition) is 3. The minimum absolute atomic E-state index is 0.178. The Bertz CT molecular complexity index is 709. The van der Waals surface area contributed by atoms with Gasteiger partial charge >= 0.3 is 0 Å². The van der Waals surface area contributed by atoms with E-state index in [-0.39, 0.29) is 10.8 Å². The lowest BCUT2D eigenvalue weighted by Gasteiger charge is -2.18. The molecule has 0 radical (unpaired) electrons. The highest BCUT2D eigenvalue weighted by Crippen LogP contribution is 2.19. The Balaban J connectivity index is 1.90. The molecule has 0 heterocycles. The number of amides is 1. The molecule has 1 unspecified atom stereocenters. The smallest absolute Gasteiger partial charge is 0.241 e. The van der Waals surface area contributed by atoms with E-state index in [0.29, 0.717) is 13.0 Å². The first kappa shape index (κ1) is 19.7. The number of benzene rings is 1. The van der Waals surface area contributed by atoms with E-state index in [1.54, 1.807) is 31.2 Å². The fourth-order valence-corrected chi connectivity index (χ4v) is 4.17. The first-order valence-electron chi connectivity index (χ1n) is 8.97. The highest BCUT2D eigenvalue weighted by atomic mass is 32.2. The maximum atomic E-state index is 12.4. The van der Waals surface area contributed by atoms with E-state index in [9.17, 15) is 13.2 Å². The quantitative estimate of drug-likeness (QED) is 0.696. The van der Waals surface area contributed by atoms with Gasteiger partial charge in [-0.05, 0) is 57.6 Å². The SMILES string of the molecule is CCC(NS(=O)(=O)c1ccc(C)cc1)C(=O)NCCC1=CCCCC1. The number of carbonyl (C=O) groups excluding carboxylic acids is 1. The van der Waals surface area contributed by atoms with Crippen LogP contribution in [0.15, 0.2) is 40.8 Å². The molecule has 0 saturated heterocycles. The number of hydrogen-bond donors (Lipinski definition) is 2. The third-order valence-electron chi connectivity index (χ3n) is 4.48. The Labute approximate surface area is 151 Å². The standard InChI is InChI=1S/C19H28N2O3S/c1-3-18(19(22)20-14-13-16-7-5-4-6-8-16)21-25(23,24)17-11-9-15(2)10-12-17/h7,9-12,18,21H,3-6,8,13-14H2,1-2H3,(H,20,22). The molecule has 0 spiro atoms. The Morgan fingerprint density at radius 1 is 1.20 bits per heavy atom. The molecule has 2 rings (SSSR count). The second-order valence-corrected chi connectivity index (χ2v) is 8.26. The van der Waals surface area contributed by atoms with Crippen LogP contribution in [0, 0.1) is 6.92 Å². The number of rotatable bonds is 8. The van der Waals surface area contributed by atoms with Gasteiger partial charge < -0.3 is 5.32 Å². The molecular formula is C19H28N2O3S. The molecule has 1 aliphatic rings. The van der Waals surface area contributed by atoms with Crippen molar-refractivity contribution in [3.05, 3.63) is 41.5 Å². The Morgan fingerprint density at radius 3 is 2.52 bits per heavy atom. The van der Waals surface area contributed by atoms with Crippen molar-refractivity contribution < 1.29 is 13.2 Å². The molecule has 0 bridgehead atoms. The summed E-state index contributed by atoms with van der Waals surface area (Å²) in [6.45, 7) is 4.24. The average molecular weight is 365 g/mol. The zero-order valence-corrected chi connectivity index (χ0v) is 15.9. The molecule has 5 nitrogen and oxygen atoms in total. The molecule has 1 atom stereocenters. The Hall–Kier alpha value is -1.66. The monoisotopic (exact) mass is 364 g/mol. The van der Waals surface area contributed by atoms with Gasteiger partial charge in [0.2, 0.25) is 15.9 Å². The summed E-state index contributed by atoms with van der Waals surface area (Å²) in [5.41, 5.74) is 2.38. The summed E-state index contributed by atoms with van der Waals surface area (Å²) in [6.07, 6.45) is 8.19. The van der Waals surface area contributed by atoms with Crippen LogP contribution in [-0.2, 0) is 14.8 Å². The van der Waals surface area contributed by atoms with Gasteiger partial charge in [0, 0.05) is 6.54 Å². The maximum absolute atomic E-state index is 12.4.